The van der Waals surface area contributed by atoms with Gasteiger partial charge in [0.05, 0.1) is 6.61 Å². The first-order valence-corrected chi connectivity index (χ1v) is 7.21. The molecule has 1 amide bonds. The number of nitrogens with one attached hydrogen (secondary N) is 1. The number of amides is 1. The van der Waals surface area contributed by atoms with Crippen molar-refractivity contribution in [3.63, 3.8) is 0 Å². The molecule has 3 heteroatoms. The van der Waals surface area contributed by atoms with Gasteiger partial charge >= 0.3 is 0 Å². The fourth-order valence-corrected chi connectivity index (χ4v) is 1.75. The summed E-state index contributed by atoms with van der Waals surface area (Å²) in [4.78, 5) is 11.6. The van der Waals surface area contributed by atoms with E-state index in [9.17, 15) is 4.79 Å². The van der Waals surface area contributed by atoms with Crippen LogP contribution in [0.15, 0.2) is 24.3 Å². The van der Waals surface area contributed by atoms with Crippen molar-refractivity contribution in [2.75, 3.05) is 6.61 Å². The van der Waals surface area contributed by atoms with E-state index < -0.39 is 0 Å². The maximum absolute atomic E-state index is 11.6. The van der Waals surface area contributed by atoms with Crippen LogP contribution in [-0.2, 0) is 11.3 Å². The molecule has 0 saturated carbocycles. The van der Waals surface area contributed by atoms with Gasteiger partial charge in [0.1, 0.15) is 0 Å². The lowest BCUT2D eigenvalue weighted by Gasteiger charge is -2.05. The van der Waals surface area contributed by atoms with E-state index in [0.717, 1.165) is 30.4 Å². The molecule has 108 valence electrons. The molecule has 0 bridgehead atoms. The minimum absolute atomic E-state index is 0.0924. The zero-order valence-electron chi connectivity index (χ0n) is 12.1. The largest absolute Gasteiger partial charge is 0.395 e. The van der Waals surface area contributed by atoms with Crippen LogP contribution in [0.2, 0.25) is 0 Å². The molecule has 0 saturated heterocycles. The number of aliphatic hydroxyl groups excluding tert-OH is 1. The van der Waals surface area contributed by atoms with Crippen LogP contribution in [0.1, 0.15) is 50.2 Å². The molecule has 1 rings (SSSR count). The highest BCUT2D eigenvalue weighted by atomic mass is 16.2. The molecule has 0 heterocycles. The summed E-state index contributed by atoms with van der Waals surface area (Å²) in [7, 11) is 0. The predicted octanol–water partition coefficient (Wildman–Crippen LogP) is 2.62. The molecule has 0 unspecified atom stereocenters. The molecule has 3 nitrogen and oxygen atoms in total. The molecule has 0 fully saturated rings. The van der Waals surface area contributed by atoms with Crippen molar-refractivity contribution in [2.45, 2.75) is 45.6 Å². The topological polar surface area (TPSA) is 49.3 Å². The number of rotatable bonds is 7. The third-order valence-electron chi connectivity index (χ3n) is 2.92. The molecule has 0 radical (unpaired) electrons. The van der Waals surface area contributed by atoms with E-state index in [4.69, 9.17) is 5.11 Å². The minimum Gasteiger partial charge on any atom is -0.395 e. The molecule has 0 spiro atoms. The highest BCUT2D eigenvalue weighted by molar-refractivity contribution is 5.75. The highest BCUT2D eigenvalue weighted by Crippen LogP contribution is 2.04. The molecule has 20 heavy (non-hydrogen) atoms. The van der Waals surface area contributed by atoms with Crippen molar-refractivity contribution in [1.82, 2.24) is 5.32 Å². The molecular formula is C17H23NO2. The first-order valence-electron chi connectivity index (χ1n) is 7.21. The van der Waals surface area contributed by atoms with Gasteiger partial charge in [-0.3, -0.25) is 4.79 Å². The van der Waals surface area contributed by atoms with Gasteiger partial charge < -0.3 is 10.4 Å². The number of benzene rings is 1. The second-order valence-corrected chi connectivity index (χ2v) is 4.71. The number of hydrogen-bond acceptors (Lipinski definition) is 2. The summed E-state index contributed by atoms with van der Waals surface area (Å²) in [6.45, 7) is 2.79. The number of hydrogen-bond donors (Lipinski definition) is 2. The van der Waals surface area contributed by atoms with Gasteiger partial charge in [0.2, 0.25) is 5.91 Å². The summed E-state index contributed by atoms with van der Waals surface area (Å²) < 4.78 is 0. The Morgan fingerprint density at radius 1 is 1.25 bits per heavy atom. The number of unbranched alkanes of at least 4 members (excludes halogenated alkanes) is 2. The van der Waals surface area contributed by atoms with E-state index in [1.165, 1.54) is 0 Å². The monoisotopic (exact) mass is 273 g/mol. The Hall–Kier alpha value is -1.79. The lowest BCUT2D eigenvalue weighted by Crippen LogP contribution is -2.22. The van der Waals surface area contributed by atoms with Gasteiger partial charge in [-0.05, 0) is 24.1 Å². The molecule has 0 aliphatic heterocycles. The van der Waals surface area contributed by atoms with E-state index in [1.807, 2.05) is 24.3 Å². The Labute approximate surface area is 121 Å². The Bertz CT molecular complexity index is 454. The first kappa shape index (κ1) is 16.3. The minimum atomic E-state index is 0.0924. The van der Waals surface area contributed by atoms with E-state index in [2.05, 4.69) is 24.1 Å². The summed E-state index contributed by atoms with van der Waals surface area (Å²) >= 11 is 0. The van der Waals surface area contributed by atoms with E-state index in [1.54, 1.807) is 0 Å². The molecule has 0 aromatic heterocycles. The second kappa shape index (κ2) is 10.1. The average Bonchev–Trinajstić information content (AvgIpc) is 2.47. The maximum atomic E-state index is 11.6. The fourth-order valence-electron chi connectivity index (χ4n) is 1.75. The van der Waals surface area contributed by atoms with Gasteiger partial charge in [0.25, 0.3) is 0 Å². The number of carbonyl (C=O) groups excluding carboxylic acids is 1. The van der Waals surface area contributed by atoms with Crippen molar-refractivity contribution in [1.29, 1.82) is 0 Å². The van der Waals surface area contributed by atoms with Crippen LogP contribution >= 0.6 is 0 Å². The SMILES string of the molecule is CCCCCC(=O)NCc1ccc(C#CCCO)cc1. The van der Waals surface area contributed by atoms with E-state index in [0.29, 0.717) is 19.4 Å². The Kier molecular flexibility index (Phi) is 8.17. The summed E-state index contributed by atoms with van der Waals surface area (Å²) in [5.41, 5.74) is 2.00. The predicted molar refractivity (Wildman–Crippen MR) is 81.0 cm³/mol. The number of carbonyl (C=O) groups is 1. The van der Waals surface area contributed by atoms with E-state index >= 15 is 0 Å². The maximum Gasteiger partial charge on any atom is 0.220 e. The second-order valence-electron chi connectivity index (χ2n) is 4.71. The Morgan fingerprint density at radius 3 is 2.65 bits per heavy atom. The van der Waals surface area contributed by atoms with Crippen molar-refractivity contribution in [3.8, 4) is 11.8 Å². The van der Waals surface area contributed by atoms with Gasteiger partial charge in [0, 0.05) is 24.9 Å². The average molecular weight is 273 g/mol. The van der Waals surface area contributed by atoms with Gasteiger partial charge in [0.15, 0.2) is 0 Å². The molecule has 0 atom stereocenters. The summed E-state index contributed by atoms with van der Waals surface area (Å²) in [5, 5.41) is 11.6. The van der Waals surface area contributed by atoms with E-state index in [-0.39, 0.29) is 12.5 Å². The summed E-state index contributed by atoms with van der Waals surface area (Å²) in [5.74, 6) is 5.97. The zero-order chi connectivity index (χ0) is 14.6. The molecule has 2 N–H and O–H groups in total. The Morgan fingerprint density at radius 2 is 2.00 bits per heavy atom. The molecular weight excluding hydrogens is 250 g/mol. The van der Waals surface area contributed by atoms with Gasteiger partial charge in [-0.15, -0.1) is 0 Å². The van der Waals surface area contributed by atoms with Crippen LogP contribution in [0.5, 0.6) is 0 Å². The van der Waals surface area contributed by atoms with Gasteiger partial charge in [-0.25, -0.2) is 0 Å². The molecule has 1 aromatic rings. The number of aliphatic hydroxyl groups is 1. The van der Waals surface area contributed by atoms with Crippen LogP contribution in [0.4, 0.5) is 0 Å². The van der Waals surface area contributed by atoms with Gasteiger partial charge in [-0.2, -0.15) is 0 Å². The lowest BCUT2D eigenvalue weighted by molar-refractivity contribution is -0.121. The smallest absolute Gasteiger partial charge is 0.220 e. The quantitative estimate of drug-likeness (QED) is 0.592. The van der Waals surface area contributed by atoms with Crippen LogP contribution in [-0.4, -0.2) is 17.6 Å². The lowest BCUT2D eigenvalue weighted by atomic mass is 10.1. The summed E-state index contributed by atoms with van der Waals surface area (Å²) in [6.07, 6.45) is 4.30. The molecule has 0 aliphatic rings. The Balaban J connectivity index is 2.35. The van der Waals surface area contributed by atoms with Crippen LogP contribution in [0.25, 0.3) is 0 Å². The van der Waals surface area contributed by atoms with Gasteiger partial charge in [-0.1, -0.05) is 43.7 Å². The zero-order valence-corrected chi connectivity index (χ0v) is 12.1. The highest BCUT2D eigenvalue weighted by Gasteiger charge is 2.00. The van der Waals surface area contributed by atoms with Crippen molar-refractivity contribution in [3.05, 3.63) is 35.4 Å². The third kappa shape index (κ3) is 6.96. The fraction of sp³-hybridized carbons (Fsp3) is 0.471. The van der Waals surface area contributed by atoms with Crippen molar-refractivity contribution < 1.29 is 9.90 Å². The third-order valence-corrected chi connectivity index (χ3v) is 2.92. The normalized spacial score (nSPS) is 9.70. The van der Waals surface area contributed by atoms with Crippen LogP contribution in [0, 0.1) is 11.8 Å². The van der Waals surface area contributed by atoms with Crippen LogP contribution < -0.4 is 5.32 Å². The standard InChI is InChI=1S/C17H23NO2/c1-2-3-4-8-17(20)18-14-16-11-9-15(10-12-16)7-5-6-13-19/h9-12,19H,2-4,6,8,13-14H2,1H3,(H,18,20). The molecule has 0 aliphatic carbocycles. The molecule has 1 aromatic carbocycles. The van der Waals surface area contributed by atoms with Crippen molar-refractivity contribution in [2.24, 2.45) is 0 Å². The summed E-state index contributed by atoms with van der Waals surface area (Å²) in [6, 6.07) is 7.80. The van der Waals surface area contributed by atoms with Crippen LogP contribution in [0.3, 0.4) is 0 Å². The van der Waals surface area contributed by atoms with Crippen molar-refractivity contribution >= 4 is 5.91 Å². The first-order chi connectivity index (χ1) is 9.76.